The van der Waals surface area contributed by atoms with Gasteiger partial charge in [0.25, 0.3) is 0 Å². The lowest BCUT2D eigenvalue weighted by Crippen LogP contribution is -2.15. The molecule has 1 aliphatic heterocycles. The van der Waals surface area contributed by atoms with Crippen molar-refractivity contribution in [1.29, 1.82) is 0 Å². The molecule has 0 nitrogen and oxygen atoms in total. The molecule has 0 spiro atoms. The number of thioether (sulfide) groups is 6. The van der Waals surface area contributed by atoms with Gasteiger partial charge in [0.15, 0.2) is 0 Å². The van der Waals surface area contributed by atoms with E-state index in [4.69, 9.17) is 0 Å². The van der Waals surface area contributed by atoms with Crippen molar-refractivity contribution in [3.05, 3.63) is 8.47 Å². The maximum Gasteiger partial charge on any atom is 0.0765 e. The molecule has 14 heavy (non-hydrogen) atoms. The molecule has 1 heterocycles. The Labute approximate surface area is 112 Å². The highest BCUT2D eigenvalue weighted by atomic mass is 32.2. The van der Waals surface area contributed by atoms with Crippen LogP contribution in [0.2, 0.25) is 0 Å². The van der Waals surface area contributed by atoms with E-state index in [-0.39, 0.29) is 0 Å². The highest BCUT2D eigenvalue weighted by molar-refractivity contribution is 8.36. The van der Waals surface area contributed by atoms with Gasteiger partial charge in [0.1, 0.15) is 0 Å². The van der Waals surface area contributed by atoms with Crippen molar-refractivity contribution in [2.45, 2.75) is 9.16 Å². The highest BCUT2D eigenvalue weighted by Crippen LogP contribution is 2.55. The van der Waals surface area contributed by atoms with Crippen molar-refractivity contribution in [2.75, 3.05) is 25.0 Å². The predicted octanol–water partition coefficient (Wildman–Crippen LogP) is 4.70. The van der Waals surface area contributed by atoms with Gasteiger partial charge in [-0.2, -0.15) is 0 Å². The number of rotatable bonds is 4. The van der Waals surface area contributed by atoms with Gasteiger partial charge in [-0.3, -0.25) is 0 Å². The van der Waals surface area contributed by atoms with E-state index in [1.54, 1.807) is 0 Å². The van der Waals surface area contributed by atoms with Crippen LogP contribution in [0.4, 0.5) is 0 Å². The zero-order valence-corrected chi connectivity index (χ0v) is 13.5. The van der Waals surface area contributed by atoms with Gasteiger partial charge in [-0.1, -0.05) is 0 Å². The van der Waals surface area contributed by atoms with Gasteiger partial charge in [0.2, 0.25) is 0 Å². The fraction of sp³-hybridized carbons (Fsp3) is 0.750. The molecule has 0 amide bonds. The highest BCUT2D eigenvalue weighted by Gasteiger charge is 2.30. The summed E-state index contributed by atoms with van der Waals surface area (Å²) in [6.07, 6.45) is 8.78. The zero-order chi connectivity index (χ0) is 10.6. The molecule has 0 aliphatic carbocycles. The monoisotopic (exact) mass is 302 g/mol. The summed E-state index contributed by atoms with van der Waals surface area (Å²) in [6.45, 7) is 0. The van der Waals surface area contributed by atoms with E-state index >= 15 is 0 Å². The van der Waals surface area contributed by atoms with Crippen LogP contribution in [0.25, 0.3) is 0 Å². The molecule has 82 valence electrons. The molecule has 6 heteroatoms. The van der Waals surface area contributed by atoms with E-state index in [9.17, 15) is 0 Å². The zero-order valence-electron chi connectivity index (χ0n) is 8.60. The van der Waals surface area contributed by atoms with Crippen molar-refractivity contribution in [2.24, 2.45) is 0 Å². The second-order valence-corrected chi connectivity index (χ2v) is 9.44. The first-order chi connectivity index (χ1) is 6.76. The minimum absolute atomic E-state index is 0.702. The van der Waals surface area contributed by atoms with Gasteiger partial charge in [0, 0.05) is 0 Å². The average molecular weight is 303 g/mol. The summed E-state index contributed by atoms with van der Waals surface area (Å²) in [5.41, 5.74) is 0. The third-order valence-corrected chi connectivity index (χ3v) is 10.7. The quantitative estimate of drug-likeness (QED) is 0.733. The Hall–Kier alpha value is 1.84. The molecule has 0 aromatic carbocycles. The topological polar surface area (TPSA) is 0 Å². The minimum atomic E-state index is 0.702. The van der Waals surface area contributed by atoms with E-state index in [1.807, 2.05) is 70.6 Å². The Kier molecular flexibility index (Phi) is 7.17. The van der Waals surface area contributed by atoms with Gasteiger partial charge in [-0.15, -0.1) is 70.6 Å². The maximum absolute atomic E-state index is 2.21. The van der Waals surface area contributed by atoms with Crippen LogP contribution < -0.4 is 0 Å². The minimum Gasteiger partial charge on any atom is -0.149 e. The molecule has 0 fully saturated rings. The molecular formula is C8H14S6. The third-order valence-electron chi connectivity index (χ3n) is 1.67. The van der Waals surface area contributed by atoms with Crippen LogP contribution in [0.1, 0.15) is 0 Å². The van der Waals surface area contributed by atoms with E-state index in [1.165, 1.54) is 8.47 Å². The molecule has 0 radical (unpaired) electrons. The molecule has 0 bridgehead atoms. The van der Waals surface area contributed by atoms with Gasteiger partial charge in [-0.05, 0) is 25.0 Å². The van der Waals surface area contributed by atoms with E-state index in [0.717, 1.165) is 0 Å². The molecule has 2 unspecified atom stereocenters. The molecule has 1 aliphatic rings. The van der Waals surface area contributed by atoms with Crippen molar-refractivity contribution >= 4 is 70.6 Å². The molecule has 2 atom stereocenters. The first-order valence-electron chi connectivity index (χ1n) is 3.98. The summed E-state index contributed by atoms with van der Waals surface area (Å²) in [5, 5.41) is 0. The molecule has 0 aromatic rings. The fourth-order valence-electron chi connectivity index (χ4n) is 1.000. The van der Waals surface area contributed by atoms with Crippen LogP contribution in [-0.4, -0.2) is 34.2 Å². The van der Waals surface area contributed by atoms with E-state index < -0.39 is 0 Å². The Balaban J connectivity index is 2.78. The van der Waals surface area contributed by atoms with Crippen molar-refractivity contribution < 1.29 is 0 Å². The van der Waals surface area contributed by atoms with E-state index in [0.29, 0.717) is 9.16 Å². The Morgan fingerprint density at radius 2 is 1.14 bits per heavy atom. The fourth-order valence-corrected chi connectivity index (χ4v) is 9.30. The van der Waals surface area contributed by atoms with E-state index in [2.05, 4.69) is 25.0 Å². The van der Waals surface area contributed by atoms with Crippen molar-refractivity contribution in [1.82, 2.24) is 0 Å². The molecular weight excluding hydrogens is 288 g/mol. The maximum atomic E-state index is 2.21. The lowest BCUT2D eigenvalue weighted by molar-refractivity contribution is 1.37. The van der Waals surface area contributed by atoms with Crippen LogP contribution in [0.3, 0.4) is 0 Å². The van der Waals surface area contributed by atoms with Crippen LogP contribution in [0.5, 0.6) is 0 Å². The van der Waals surface area contributed by atoms with Crippen LogP contribution in [0.15, 0.2) is 8.47 Å². The Morgan fingerprint density at radius 3 is 1.36 bits per heavy atom. The summed E-state index contributed by atoms with van der Waals surface area (Å²) in [4.78, 5) is 0. The average Bonchev–Trinajstić information content (AvgIpc) is 2.26. The predicted molar refractivity (Wildman–Crippen MR) is 83.8 cm³/mol. The summed E-state index contributed by atoms with van der Waals surface area (Å²) >= 11 is 11.8. The summed E-state index contributed by atoms with van der Waals surface area (Å²) in [7, 11) is 0. The normalized spacial score (nSPS) is 28.3. The lowest BCUT2D eigenvalue weighted by atomic mass is 10.9. The standard InChI is InChI=1S/C8H14S6/c1-9-5-6(10-2)14-8(12-4)7(11-3)13-5/h5-6H,1-4H3. The van der Waals surface area contributed by atoms with Crippen molar-refractivity contribution in [3.63, 3.8) is 0 Å². The van der Waals surface area contributed by atoms with Gasteiger partial charge >= 0.3 is 0 Å². The number of hydrogen-bond acceptors (Lipinski definition) is 6. The Morgan fingerprint density at radius 1 is 0.786 bits per heavy atom. The largest absolute Gasteiger partial charge is 0.149 e. The SMILES string of the molecule is CSC1=C(SC)SC(SC)C(SC)S1. The number of hydrogen-bond donors (Lipinski definition) is 0. The van der Waals surface area contributed by atoms with Crippen molar-refractivity contribution in [3.8, 4) is 0 Å². The molecule has 0 saturated carbocycles. The van der Waals surface area contributed by atoms with Gasteiger partial charge in [-0.25, -0.2) is 0 Å². The summed E-state index contributed by atoms with van der Waals surface area (Å²) in [5.74, 6) is 0. The lowest BCUT2D eigenvalue weighted by Gasteiger charge is -2.30. The second kappa shape index (κ2) is 7.22. The van der Waals surface area contributed by atoms with Crippen LogP contribution in [-0.2, 0) is 0 Å². The molecule has 0 saturated heterocycles. The van der Waals surface area contributed by atoms with Crippen LogP contribution in [0, 0.1) is 0 Å². The molecule has 0 aromatic heterocycles. The molecule has 0 N–H and O–H groups in total. The Bertz CT molecular complexity index is 192. The first kappa shape index (κ1) is 13.9. The van der Waals surface area contributed by atoms with Crippen LogP contribution >= 0.6 is 70.6 Å². The van der Waals surface area contributed by atoms with Gasteiger partial charge < -0.3 is 0 Å². The smallest absolute Gasteiger partial charge is 0.0765 e. The molecule has 1 rings (SSSR count). The first-order valence-corrected chi connectivity index (χ1v) is 10.8. The third kappa shape index (κ3) is 3.42. The van der Waals surface area contributed by atoms with Gasteiger partial charge in [0.05, 0.1) is 17.6 Å². The summed E-state index contributed by atoms with van der Waals surface area (Å²) in [6, 6.07) is 0. The second-order valence-electron chi connectivity index (χ2n) is 2.43. The summed E-state index contributed by atoms with van der Waals surface area (Å²) < 4.78 is 4.42.